The molecule has 1 aromatic carbocycles. The molecule has 0 atom stereocenters. The third-order valence-electron chi connectivity index (χ3n) is 2.12. The van der Waals surface area contributed by atoms with Crippen LogP contribution in [0.15, 0.2) is 24.3 Å². The molecule has 0 aromatic heterocycles. The second-order valence-corrected chi connectivity index (χ2v) is 7.31. The lowest BCUT2D eigenvalue weighted by Gasteiger charge is -2.23. The topological polar surface area (TPSA) is 35.5 Å². The molecule has 4 heteroatoms. The second-order valence-electron chi connectivity index (χ2n) is 4.02. The van der Waals surface area contributed by atoms with Crippen LogP contribution >= 0.6 is 0 Å². The van der Waals surface area contributed by atoms with E-state index in [1.54, 1.807) is 19.1 Å². The lowest BCUT2D eigenvalue weighted by molar-refractivity contribution is 0.101. The van der Waals surface area contributed by atoms with Crippen LogP contribution < -0.4 is 4.43 Å². The maximum atomic E-state index is 11.1. The van der Waals surface area contributed by atoms with Crippen molar-refractivity contribution in [2.75, 3.05) is 6.61 Å². The number of carbonyl (C=O) groups is 1. The Bertz CT molecular complexity index is 357. The number of benzene rings is 1. The van der Waals surface area contributed by atoms with Crippen molar-refractivity contribution in [1.82, 2.24) is 0 Å². The van der Waals surface area contributed by atoms with Gasteiger partial charge in [0.2, 0.25) is 0 Å². The van der Waals surface area contributed by atoms with Gasteiger partial charge in [0.05, 0.1) is 0 Å². The van der Waals surface area contributed by atoms with Crippen LogP contribution in [0.2, 0.25) is 13.1 Å². The van der Waals surface area contributed by atoms with E-state index in [4.69, 9.17) is 8.85 Å². The van der Waals surface area contributed by atoms with E-state index in [1.807, 2.05) is 32.2 Å². The highest BCUT2D eigenvalue weighted by Gasteiger charge is 2.25. The zero-order valence-corrected chi connectivity index (χ0v) is 11.2. The number of Topliss-reactive ketones (excluding diaryl/α,β-unsaturated/α-hetero) is 1. The fourth-order valence-electron chi connectivity index (χ4n) is 1.42. The quantitative estimate of drug-likeness (QED) is 0.584. The second kappa shape index (κ2) is 5.27. The molecule has 0 aliphatic carbocycles. The number of ketones is 1. The fourth-order valence-corrected chi connectivity index (χ4v) is 2.88. The number of hydrogen-bond acceptors (Lipinski definition) is 3. The van der Waals surface area contributed by atoms with Crippen molar-refractivity contribution >= 4 is 14.3 Å². The first-order valence-corrected chi connectivity index (χ1v) is 8.20. The molecule has 0 amide bonds. The third-order valence-corrected chi connectivity index (χ3v) is 3.83. The molecule has 88 valence electrons. The molecule has 0 unspecified atom stereocenters. The summed E-state index contributed by atoms with van der Waals surface area (Å²) < 4.78 is 11.3. The minimum absolute atomic E-state index is 0.0628. The van der Waals surface area contributed by atoms with Gasteiger partial charge in [-0.25, -0.2) is 0 Å². The summed E-state index contributed by atoms with van der Waals surface area (Å²) in [5.41, 5.74) is 0.697. The summed E-state index contributed by atoms with van der Waals surface area (Å²) in [4.78, 5) is 11.1. The molecule has 0 fully saturated rings. The van der Waals surface area contributed by atoms with Gasteiger partial charge in [-0.3, -0.25) is 4.79 Å². The normalized spacial score (nSPS) is 11.2. The number of rotatable bonds is 5. The molecule has 0 saturated heterocycles. The molecular weight excluding hydrogens is 220 g/mol. The average Bonchev–Trinajstić information content (AvgIpc) is 2.17. The first kappa shape index (κ1) is 12.9. The molecule has 3 nitrogen and oxygen atoms in total. The Hall–Kier alpha value is -1.13. The van der Waals surface area contributed by atoms with Crippen LogP contribution in [0, 0.1) is 0 Å². The van der Waals surface area contributed by atoms with Gasteiger partial charge in [-0.05, 0) is 51.2 Å². The number of carbonyl (C=O) groups excluding carboxylic acids is 1. The predicted octanol–water partition coefficient (Wildman–Crippen LogP) is 3.01. The smallest absolute Gasteiger partial charge is 0.392 e. The molecule has 0 N–H and O–H groups in total. The van der Waals surface area contributed by atoms with Crippen LogP contribution in [-0.4, -0.2) is 21.0 Å². The summed E-state index contributed by atoms with van der Waals surface area (Å²) in [6.07, 6.45) is 0. The fraction of sp³-hybridized carbons (Fsp3) is 0.417. The van der Waals surface area contributed by atoms with E-state index in [9.17, 15) is 4.79 Å². The number of hydrogen-bond donors (Lipinski definition) is 0. The molecule has 0 spiro atoms. The Morgan fingerprint density at radius 3 is 2.25 bits per heavy atom. The van der Waals surface area contributed by atoms with Gasteiger partial charge in [0.15, 0.2) is 5.78 Å². The van der Waals surface area contributed by atoms with Crippen molar-refractivity contribution in [3.63, 3.8) is 0 Å². The summed E-state index contributed by atoms with van der Waals surface area (Å²) >= 11 is 0. The Balaban J connectivity index is 2.72. The minimum atomic E-state index is -2.07. The molecule has 1 rings (SSSR count). The van der Waals surface area contributed by atoms with Crippen LogP contribution in [-0.2, 0) is 4.43 Å². The molecule has 0 aliphatic heterocycles. The molecular formula is C12H18O3Si. The predicted molar refractivity (Wildman–Crippen MR) is 66.2 cm³/mol. The standard InChI is InChI=1S/C12H18O3Si/c1-5-14-16(3,4)15-12-8-6-11(7-9-12)10(2)13/h6-9H,5H2,1-4H3. The van der Waals surface area contributed by atoms with Crippen molar-refractivity contribution in [2.45, 2.75) is 26.9 Å². The highest BCUT2D eigenvalue weighted by atomic mass is 28.4. The van der Waals surface area contributed by atoms with Gasteiger partial charge in [-0.2, -0.15) is 0 Å². The zero-order valence-electron chi connectivity index (χ0n) is 10.2. The Morgan fingerprint density at radius 1 is 1.25 bits per heavy atom. The van der Waals surface area contributed by atoms with Crippen LogP contribution in [0.4, 0.5) is 0 Å². The summed E-state index contributed by atoms with van der Waals surface area (Å²) in [5.74, 6) is 0.822. The van der Waals surface area contributed by atoms with Crippen molar-refractivity contribution in [2.24, 2.45) is 0 Å². The monoisotopic (exact) mass is 238 g/mol. The lowest BCUT2D eigenvalue weighted by atomic mass is 10.1. The third kappa shape index (κ3) is 3.79. The summed E-state index contributed by atoms with van der Waals surface area (Å²) in [5, 5.41) is 0. The average molecular weight is 238 g/mol. The highest BCUT2D eigenvalue weighted by molar-refractivity contribution is 6.65. The minimum Gasteiger partial charge on any atom is -0.520 e. The SMILES string of the molecule is CCO[Si](C)(C)Oc1ccc(C(C)=O)cc1. The van der Waals surface area contributed by atoms with Crippen molar-refractivity contribution in [1.29, 1.82) is 0 Å². The van der Waals surface area contributed by atoms with Gasteiger partial charge >= 0.3 is 8.56 Å². The Morgan fingerprint density at radius 2 is 1.81 bits per heavy atom. The van der Waals surface area contributed by atoms with Crippen molar-refractivity contribution in [3.8, 4) is 5.75 Å². The molecule has 16 heavy (non-hydrogen) atoms. The van der Waals surface area contributed by atoms with Crippen molar-refractivity contribution in [3.05, 3.63) is 29.8 Å². The first-order valence-electron chi connectivity index (χ1n) is 5.38. The molecule has 0 bridgehead atoms. The van der Waals surface area contributed by atoms with E-state index in [0.717, 1.165) is 5.75 Å². The summed E-state index contributed by atoms with van der Waals surface area (Å²) in [6.45, 7) is 8.15. The molecule has 0 saturated carbocycles. The Labute approximate surface area is 97.6 Å². The molecule has 1 aromatic rings. The van der Waals surface area contributed by atoms with Crippen LogP contribution in [0.5, 0.6) is 5.75 Å². The van der Waals surface area contributed by atoms with Gasteiger partial charge in [-0.1, -0.05) is 0 Å². The molecule has 0 radical (unpaired) electrons. The molecule has 0 heterocycles. The van der Waals surface area contributed by atoms with E-state index < -0.39 is 8.56 Å². The van der Waals surface area contributed by atoms with Gasteiger partial charge in [0, 0.05) is 12.2 Å². The maximum Gasteiger partial charge on any atom is 0.392 e. The van der Waals surface area contributed by atoms with E-state index in [0.29, 0.717) is 12.2 Å². The first-order chi connectivity index (χ1) is 7.44. The van der Waals surface area contributed by atoms with Gasteiger partial charge in [0.1, 0.15) is 5.75 Å². The zero-order chi connectivity index (χ0) is 12.2. The van der Waals surface area contributed by atoms with Gasteiger partial charge < -0.3 is 8.85 Å². The van der Waals surface area contributed by atoms with E-state index in [-0.39, 0.29) is 5.78 Å². The van der Waals surface area contributed by atoms with Gasteiger partial charge in [-0.15, -0.1) is 0 Å². The lowest BCUT2D eigenvalue weighted by Crippen LogP contribution is -2.38. The summed E-state index contributed by atoms with van der Waals surface area (Å²) in [7, 11) is -2.07. The summed E-state index contributed by atoms with van der Waals surface area (Å²) in [6, 6.07) is 7.16. The van der Waals surface area contributed by atoms with Crippen LogP contribution in [0.25, 0.3) is 0 Å². The molecule has 0 aliphatic rings. The van der Waals surface area contributed by atoms with E-state index in [2.05, 4.69) is 0 Å². The largest absolute Gasteiger partial charge is 0.520 e. The maximum absolute atomic E-state index is 11.1. The van der Waals surface area contributed by atoms with Crippen LogP contribution in [0.3, 0.4) is 0 Å². The Kier molecular flexibility index (Phi) is 4.26. The van der Waals surface area contributed by atoms with E-state index in [1.165, 1.54) is 0 Å². The van der Waals surface area contributed by atoms with E-state index >= 15 is 0 Å². The van der Waals surface area contributed by atoms with Crippen molar-refractivity contribution < 1.29 is 13.6 Å². The van der Waals surface area contributed by atoms with Gasteiger partial charge in [0.25, 0.3) is 0 Å². The van der Waals surface area contributed by atoms with Crippen LogP contribution in [0.1, 0.15) is 24.2 Å². The highest BCUT2D eigenvalue weighted by Crippen LogP contribution is 2.17.